The van der Waals surface area contributed by atoms with Gasteiger partial charge in [0.05, 0.1) is 0 Å². The lowest BCUT2D eigenvalue weighted by atomic mass is 10.0. The number of carboxylic acid groups (broad SMARTS) is 1. The second-order valence-electron chi connectivity index (χ2n) is 5.51. The van der Waals surface area contributed by atoms with Crippen LogP contribution in [0.3, 0.4) is 0 Å². The first-order chi connectivity index (χ1) is 9.38. The minimum atomic E-state index is -1.06. The zero-order valence-electron chi connectivity index (χ0n) is 11.9. The van der Waals surface area contributed by atoms with E-state index >= 15 is 0 Å². The van der Waals surface area contributed by atoms with E-state index in [-0.39, 0.29) is 24.8 Å². The van der Waals surface area contributed by atoms with Crippen LogP contribution in [0.1, 0.15) is 39.5 Å². The van der Waals surface area contributed by atoms with E-state index in [0.717, 1.165) is 12.8 Å². The smallest absolute Gasteiger partial charge is 0.326 e. The highest BCUT2D eigenvalue weighted by atomic mass is 16.4. The summed E-state index contributed by atoms with van der Waals surface area (Å²) in [7, 11) is 0. The Balaban J connectivity index is 2.19. The molecule has 0 aromatic heterocycles. The Bertz CT molecular complexity index is 367. The van der Waals surface area contributed by atoms with Crippen LogP contribution in [-0.4, -0.2) is 41.6 Å². The molecule has 1 unspecified atom stereocenters. The van der Waals surface area contributed by atoms with Gasteiger partial charge in [-0.3, -0.25) is 4.79 Å². The quantitative estimate of drug-likeness (QED) is 0.519. The van der Waals surface area contributed by atoms with Crippen LogP contribution in [-0.2, 0) is 9.59 Å². The summed E-state index contributed by atoms with van der Waals surface area (Å²) in [6.45, 7) is 3.97. The fraction of sp³-hybridized carbons (Fsp3) is 0.769. The van der Waals surface area contributed by atoms with Gasteiger partial charge in [0, 0.05) is 19.0 Å². The third-order valence-electron chi connectivity index (χ3n) is 2.89. The minimum absolute atomic E-state index is 0.0928. The lowest BCUT2D eigenvalue weighted by Gasteiger charge is -2.16. The molecule has 7 nitrogen and oxygen atoms in total. The zero-order chi connectivity index (χ0) is 15.1. The second-order valence-corrected chi connectivity index (χ2v) is 5.51. The Hall–Kier alpha value is -1.79. The summed E-state index contributed by atoms with van der Waals surface area (Å²) >= 11 is 0. The molecule has 0 spiro atoms. The molecule has 1 aliphatic rings. The molecule has 1 rings (SSSR count). The monoisotopic (exact) mass is 285 g/mol. The molecular formula is C13H23N3O4. The van der Waals surface area contributed by atoms with Crippen molar-refractivity contribution in [1.82, 2.24) is 16.0 Å². The summed E-state index contributed by atoms with van der Waals surface area (Å²) in [6.07, 6.45) is 2.61. The number of nitrogens with one attached hydrogen (secondary N) is 3. The van der Waals surface area contributed by atoms with E-state index in [1.54, 1.807) is 0 Å². The van der Waals surface area contributed by atoms with Gasteiger partial charge < -0.3 is 21.1 Å². The number of amides is 3. The first-order valence-corrected chi connectivity index (χ1v) is 6.95. The van der Waals surface area contributed by atoms with Crippen molar-refractivity contribution in [2.45, 2.75) is 51.6 Å². The molecule has 4 N–H and O–H groups in total. The average molecular weight is 285 g/mol. The molecule has 1 atom stereocenters. The number of carboxylic acids is 1. The van der Waals surface area contributed by atoms with Crippen molar-refractivity contribution in [1.29, 1.82) is 0 Å². The summed E-state index contributed by atoms with van der Waals surface area (Å²) in [5, 5.41) is 16.7. The molecule has 20 heavy (non-hydrogen) atoms. The van der Waals surface area contributed by atoms with Crippen LogP contribution in [0.25, 0.3) is 0 Å². The Labute approximate surface area is 118 Å². The lowest BCUT2D eigenvalue weighted by Crippen LogP contribution is -2.47. The van der Waals surface area contributed by atoms with Crippen molar-refractivity contribution in [2.75, 3.05) is 6.54 Å². The van der Waals surface area contributed by atoms with Crippen molar-refractivity contribution < 1.29 is 19.5 Å². The predicted molar refractivity (Wildman–Crippen MR) is 73.2 cm³/mol. The SMILES string of the molecule is CC(C)CC(NC(=O)NCCC(=O)NC1CC1)C(=O)O. The summed E-state index contributed by atoms with van der Waals surface area (Å²) in [5.74, 6) is -0.981. The van der Waals surface area contributed by atoms with Crippen molar-refractivity contribution in [2.24, 2.45) is 5.92 Å². The summed E-state index contributed by atoms with van der Waals surface area (Å²) in [5.41, 5.74) is 0. The molecule has 1 saturated carbocycles. The Morgan fingerprint density at radius 1 is 1.25 bits per heavy atom. The first-order valence-electron chi connectivity index (χ1n) is 6.95. The highest BCUT2D eigenvalue weighted by Gasteiger charge is 2.23. The van der Waals surface area contributed by atoms with Crippen LogP contribution in [0.4, 0.5) is 4.79 Å². The van der Waals surface area contributed by atoms with Gasteiger partial charge in [-0.1, -0.05) is 13.8 Å². The molecule has 0 heterocycles. The molecule has 1 fully saturated rings. The van der Waals surface area contributed by atoms with E-state index in [1.807, 2.05) is 13.8 Å². The van der Waals surface area contributed by atoms with E-state index < -0.39 is 18.0 Å². The zero-order valence-corrected chi connectivity index (χ0v) is 11.9. The highest BCUT2D eigenvalue weighted by molar-refractivity contribution is 5.83. The maximum absolute atomic E-state index is 11.5. The molecule has 1 aliphatic carbocycles. The number of aliphatic carboxylic acids is 1. The number of rotatable bonds is 8. The van der Waals surface area contributed by atoms with E-state index in [1.165, 1.54) is 0 Å². The molecule has 0 radical (unpaired) electrons. The number of carbonyl (C=O) groups is 3. The van der Waals surface area contributed by atoms with Gasteiger partial charge in [0.2, 0.25) is 5.91 Å². The first kappa shape index (κ1) is 16.3. The average Bonchev–Trinajstić information content (AvgIpc) is 3.11. The highest BCUT2D eigenvalue weighted by Crippen LogP contribution is 2.18. The van der Waals surface area contributed by atoms with Gasteiger partial charge in [-0.05, 0) is 25.2 Å². The molecule has 0 aromatic rings. The van der Waals surface area contributed by atoms with Gasteiger partial charge in [0.1, 0.15) is 6.04 Å². The number of urea groups is 1. The molecule has 0 bridgehead atoms. The van der Waals surface area contributed by atoms with Crippen LogP contribution < -0.4 is 16.0 Å². The van der Waals surface area contributed by atoms with Gasteiger partial charge >= 0.3 is 12.0 Å². The Morgan fingerprint density at radius 3 is 2.40 bits per heavy atom. The fourth-order valence-corrected chi connectivity index (χ4v) is 1.72. The third kappa shape index (κ3) is 6.96. The van der Waals surface area contributed by atoms with Crippen LogP contribution >= 0.6 is 0 Å². The molecule has 0 aromatic carbocycles. The van der Waals surface area contributed by atoms with Crippen LogP contribution in [0.5, 0.6) is 0 Å². The maximum atomic E-state index is 11.5. The van der Waals surface area contributed by atoms with Crippen molar-refractivity contribution in [3.05, 3.63) is 0 Å². The van der Waals surface area contributed by atoms with E-state index in [9.17, 15) is 14.4 Å². The van der Waals surface area contributed by atoms with Crippen LogP contribution in [0, 0.1) is 5.92 Å². The minimum Gasteiger partial charge on any atom is -0.480 e. The van der Waals surface area contributed by atoms with Crippen molar-refractivity contribution >= 4 is 17.9 Å². The number of hydrogen-bond donors (Lipinski definition) is 4. The van der Waals surface area contributed by atoms with E-state index in [2.05, 4.69) is 16.0 Å². The number of carbonyl (C=O) groups excluding carboxylic acids is 2. The molecule has 114 valence electrons. The second kappa shape index (κ2) is 7.72. The number of hydrogen-bond acceptors (Lipinski definition) is 3. The largest absolute Gasteiger partial charge is 0.480 e. The Morgan fingerprint density at radius 2 is 1.90 bits per heavy atom. The fourth-order valence-electron chi connectivity index (χ4n) is 1.72. The molecule has 0 aliphatic heterocycles. The summed E-state index contributed by atoms with van der Waals surface area (Å²) < 4.78 is 0. The third-order valence-corrected chi connectivity index (χ3v) is 2.89. The van der Waals surface area contributed by atoms with Gasteiger partial charge in [-0.2, -0.15) is 0 Å². The topological polar surface area (TPSA) is 108 Å². The van der Waals surface area contributed by atoms with Gasteiger partial charge in [0.25, 0.3) is 0 Å². The van der Waals surface area contributed by atoms with Gasteiger partial charge in [-0.25, -0.2) is 9.59 Å². The molecular weight excluding hydrogens is 262 g/mol. The molecule has 3 amide bonds. The van der Waals surface area contributed by atoms with Gasteiger partial charge in [0.15, 0.2) is 0 Å². The van der Waals surface area contributed by atoms with E-state index in [4.69, 9.17) is 5.11 Å². The standard InChI is InChI=1S/C13H23N3O4/c1-8(2)7-10(12(18)19)16-13(20)14-6-5-11(17)15-9-3-4-9/h8-10H,3-7H2,1-2H3,(H,15,17)(H,18,19)(H2,14,16,20). The molecule has 7 heteroatoms. The summed E-state index contributed by atoms with van der Waals surface area (Å²) in [4.78, 5) is 33.9. The normalized spacial score (nSPS) is 15.6. The van der Waals surface area contributed by atoms with Gasteiger partial charge in [-0.15, -0.1) is 0 Å². The van der Waals surface area contributed by atoms with Crippen LogP contribution in [0.15, 0.2) is 0 Å². The van der Waals surface area contributed by atoms with Crippen LogP contribution in [0.2, 0.25) is 0 Å². The molecule has 0 saturated heterocycles. The van der Waals surface area contributed by atoms with Crippen molar-refractivity contribution in [3.8, 4) is 0 Å². The lowest BCUT2D eigenvalue weighted by molar-refractivity contribution is -0.139. The summed E-state index contributed by atoms with van der Waals surface area (Å²) in [6, 6.07) is -1.16. The van der Waals surface area contributed by atoms with Crippen molar-refractivity contribution in [3.63, 3.8) is 0 Å². The maximum Gasteiger partial charge on any atom is 0.326 e. The van der Waals surface area contributed by atoms with E-state index in [0.29, 0.717) is 12.5 Å². The Kier molecular flexibility index (Phi) is 6.27. The predicted octanol–water partition coefficient (Wildman–Crippen LogP) is 0.454.